The normalized spacial score (nSPS) is 12.8. The molecule has 21 heavy (non-hydrogen) atoms. The molecule has 108 valence electrons. The molecule has 2 aromatic rings. The quantitative estimate of drug-likeness (QED) is 0.937. The lowest BCUT2D eigenvalue weighted by Crippen LogP contribution is -2.14. The largest absolute Gasteiger partial charge is 0.477 e. The number of anilines is 1. The Kier molecular flexibility index (Phi) is 3.83. The van der Waals surface area contributed by atoms with Gasteiger partial charge in [0.25, 0.3) is 5.91 Å². The first-order chi connectivity index (χ1) is 10.3. The topological polar surface area (TPSA) is 60.5 Å². The smallest absolute Gasteiger partial charge is 0.261 e. The number of hydrogen-bond acceptors (Lipinski definition) is 4. The number of aromatic nitrogens is 1. The van der Waals surface area contributed by atoms with Crippen molar-refractivity contribution in [1.82, 2.24) is 4.98 Å². The van der Waals surface area contributed by atoms with Crippen molar-refractivity contribution in [3.63, 3.8) is 0 Å². The summed E-state index contributed by atoms with van der Waals surface area (Å²) in [6, 6.07) is 9.21. The van der Waals surface area contributed by atoms with Gasteiger partial charge in [0.2, 0.25) is 5.88 Å². The Hall–Kier alpha value is -2.40. The number of carbonyl (C=O) groups is 1. The van der Waals surface area contributed by atoms with Gasteiger partial charge in [0.15, 0.2) is 0 Å². The van der Waals surface area contributed by atoms with E-state index in [2.05, 4.69) is 10.3 Å². The van der Waals surface area contributed by atoms with Crippen LogP contribution in [0.2, 0.25) is 0 Å². The summed E-state index contributed by atoms with van der Waals surface area (Å²) < 4.78 is 10.7. The molecule has 0 atom stereocenters. The maximum Gasteiger partial charge on any atom is 0.261 e. The van der Waals surface area contributed by atoms with E-state index in [0.717, 1.165) is 11.3 Å². The molecule has 1 aromatic carbocycles. The van der Waals surface area contributed by atoms with Crippen molar-refractivity contribution in [2.45, 2.75) is 20.1 Å². The fourth-order valence-electron chi connectivity index (χ4n) is 2.26. The molecule has 0 unspecified atom stereocenters. The summed E-state index contributed by atoms with van der Waals surface area (Å²) in [5, 5.41) is 2.87. The predicted octanol–water partition coefficient (Wildman–Crippen LogP) is 2.76. The van der Waals surface area contributed by atoms with Gasteiger partial charge in [-0.2, -0.15) is 0 Å². The number of hydrogen-bond donors (Lipinski definition) is 1. The van der Waals surface area contributed by atoms with Crippen LogP contribution in [0.1, 0.15) is 28.4 Å². The first-order valence-electron chi connectivity index (χ1n) is 6.86. The van der Waals surface area contributed by atoms with E-state index >= 15 is 0 Å². The zero-order valence-electron chi connectivity index (χ0n) is 11.8. The highest BCUT2D eigenvalue weighted by molar-refractivity contribution is 6.05. The summed E-state index contributed by atoms with van der Waals surface area (Å²) in [6.07, 6.45) is 1.61. The number of pyridine rings is 1. The minimum atomic E-state index is -0.231. The minimum Gasteiger partial charge on any atom is -0.477 e. The summed E-state index contributed by atoms with van der Waals surface area (Å²) in [4.78, 5) is 16.4. The summed E-state index contributed by atoms with van der Waals surface area (Å²) in [5.41, 5.74) is 3.46. The Morgan fingerprint density at radius 1 is 1.33 bits per heavy atom. The molecule has 2 heterocycles. The van der Waals surface area contributed by atoms with Crippen LogP contribution >= 0.6 is 0 Å². The molecule has 0 spiro atoms. The summed E-state index contributed by atoms with van der Waals surface area (Å²) in [7, 11) is 0. The average Bonchev–Trinajstić information content (AvgIpc) is 2.95. The third-order valence-electron chi connectivity index (χ3n) is 3.28. The van der Waals surface area contributed by atoms with Gasteiger partial charge in [-0.1, -0.05) is 6.07 Å². The van der Waals surface area contributed by atoms with E-state index in [-0.39, 0.29) is 5.91 Å². The van der Waals surface area contributed by atoms with Crippen LogP contribution in [0.25, 0.3) is 0 Å². The van der Waals surface area contributed by atoms with Gasteiger partial charge >= 0.3 is 0 Å². The van der Waals surface area contributed by atoms with Crippen molar-refractivity contribution in [3.8, 4) is 5.88 Å². The highest BCUT2D eigenvalue weighted by Crippen LogP contribution is 2.24. The van der Waals surface area contributed by atoms with Crippen molar-refractivity contribution >= 4 is 11.6 Å². The van der Waals surface area contributed by atoms with Crippen LogP contribution in [0.15, 0.2) is 36.5 Å². The molecule has 1 aliphatic rings. The van der Waals surface area contributed by atoms with Gasteiger partial charge in [0, 0.05) is 11.9 Å². The van der Waals surface area contributed by atoms with Crippen LogP contribution in [0.5, 0.6) is 5.88 Å². The summed E-state index contributed by atoms with van der Waals surface area (Å²) in [6.45, 7) is 3.56. The second-order valence-corrected chi connectivity index (χ2v) is 4.72. The Morgan fingerprint density at radius 3 is 3.05 bits per heavy atom. The molecule has 0 radical (unpaired) electrons. The van der Waals surface area contributed by atoms with Gasteiger partial charge in [-0.25, -0.2) is 4.98 Å². The minimum absolute atomic E-state index is 0.231. The number of nitrogens with one attached hydrogen (secondary N) is 1. The summed E-state index contributed by atoms with van der Waals surface area (Å²) >= 11 is 0. The van der Waals surface area contributed by atoms with E-state index in [1.54, 1.807) is 18.3 Å². The Balaban J connectivity index is 1.80. The lowest BCUT2D eigenvalue weighted by Gasteiger charge is -2.10. The Bertz CT molecular complexity index is 670. The molecule has 0 saturated carbocycles. The molecule has 1 amide bonds. The van der Waals surface area contributed by atoms with E-state index < -0.39 is 0 Å². The number of fused-ring (bicyclic) bond motifs is 1. The van der Waals surface area contributed by atoms with Crippen LogP contribution in [0, 0.1) is 0 Å². The number of rotatable bonds is 4. The van der Waals surface area contributed by atoms with Crippen LogP contribution in [0.3, 0.4) is 0 Å². The van der Waals surface area contributed by atoms with Gasteiger partial charge < -0.3 is 14.8 Å². The number of carbonyl (C=O) groups excluding carboxylic acids is 1. The molecule has 3 rings (SSSR count). The van der Waals surface area contributed by atoms with Crippen LogP contribution in [0.4, 0.5) is 5.69 Å². The van der Waals surface area contributed by atoms with Crippen molar-refractivity contribution < 1.29 is 14.3 Å². The van der Waals surface area contributed by atoms with Gasteiger partial charge in [0.05, 0.1) is 19.8 Å². The third kappa shape index (κ3) is 2.87. The summed E-state index contributed by atoms with van der Waals surface area (Å²) in [5.74, 6) is 0.118. The van der Waals surface area contributed by atoms with E-state index in [9.17, 15) is 4.79 Å². The Labute approximate surface area is 122 Å². The zero-order valence-corrected chi connectivity index (χ0v) is 11.8. The SMILES string of the molecule is CCOc1ncccc1C(=O)Nc1ccc2c(c1)COC2. The van der Waals surface area contributed by atoms with E-state index in [0.29, 0.717) is 31.3 Å². The lowest BCUT2D eigenvalue weighted by atomic mass is 10.1. The molecule has 5 heteroatoms. The van der Waals surface area contributed by atoms with Crippen molar-refractivity contribution in [1.29, 1.82) is 0 Å². The first kappa shape index (κ1) is 13.6. The van der Waals surface area contributed by atoms with Gasteiger partial charge in [-0.3, -0.25) is 4.79 Å². The maximum absolute atomic E-state index is 12.3. The molecular formula is C16H16N2O3. The van der Waals surface area contributed by atoms with Crippen LogP contribution in [-0.4, -0.2) is 17.5 Å². The highest BCUT2D eigenvalue weighted by Gasteiger charge is 2.15. The molecule has 5 nitrogen and oxygen atoms in total. The number of ether oxygens (including phenoxy) is 2. The van der Waals surface area contributed by atoms with Crippen LogP contribution in [-0.2, 0) is 18.0 Å². The van der Waals surface area contributed by atoms with Crippen molar-refractivity contribution in [2.24, 2.45) is 0 Å². The lowest BCUT2D eigenvalue weighted by molar-refractivity contribution is 0.102. The molecular weight excluding hydrogens is 268 g/mol. The monoisotopic (exact) mass is 284 g/mol. The molecule has 0 saturated heterocycles. The highest BCUT2D eigenvalue weighted by atomic mass is 16.5. The molecule has 0 bridgehead atoms. The van der Waals surface area contributed by atoms with Gasteiger partial charge in [0.1, 0.15) is 5.56 Å². The molecule has 0 fully saturated rings. The fourth-order valence-corrected chi connectivity index (χ4v) is 2.26. The first-order valence-corrected chi connectivity index (χ1v) is 6.86. The standard InChI is InChI=1S/C16H16N2O3/c1-2-21-16-14(4-3-7-17-16)15(19)18-13-6-5-11-9-20-10-12(11)8-13/h3-8H,2,9-10H2,1H3,(H,18,19). The van der Waals surface area contributed by atoms with Gasteiger partial charge in [-0.05, 0) is 42.3 Å². The van der Waals surface area contributed by atoms with Gasteiger partial charge in [-0.15, -0.1) is 0 Å². The predicted molar refractivity (Wildman–Crippen MR) is 78.3 cm³/mol. The zero-order chi connectivity index (χ0) is 14.7. The van der Waals surface area contributed by atoms with E-state index in [1.807, 2.05) is 25.1 Å². The average molecular weight is 284 g/mol. The molecule has 1 aromatic heterocycles. The molecule has 0 aliphatic carbocycles. The Morgan fingerprint density at radius 2 is 2.19 bits per heavy atom. The molecule has 1 aliphatic heterocycles. The second kappa shape index (κ2) is 5.93. The van der Waals surface area contributed by atoms with E-state index in [4.69, 9.17) is 9.47 Å². The van der Waals surface area contributed by atoms with Crippen molar-refractivity contribution in [2.75, 3.05) is 11.9 Å². The number of benzene rings is 1. The fraction of sp³-hybridized carbons (Fsp3) is 0.250. The van der Waals surface area contributed by atoms with Crippen molar-refractivity contribution in [3.05, 3.63) is 53.2 Å². The molecule has 1 N–H and O–H groups in total. The maximum atomic E-state index is 12.3. The second-order valence-electron chi connectivity index (χ2n) is 4.72. The number of nitrogens with zero attached hydrogens (tertiary/aromatic N) is 1. The van der Waals surface area contributed by atoms with Crippen LogP contribution < -0.4 is 10.1 Å². The number of amides is 1. The van der Waals surface area contributed by atoms with E-state index in [1.165, 1.54) is 5.56 Å². The third-order valence-corrected chi connectivity index (χ3v) is 3.28.